The fourth-order valence-electron chi connectivity index (χ4n) is 3.17. The second-order valence-electron chi connectivity index (χ2n) is 6.07. The van der Waals surface area contributed by atoms with Crippen LogP contribution in [-0.2, 0) is 14.1 Å². The third kappa shape index (κ3) is 3.01. The van der Waals surface area contributed by atoms with E-state index in [1.165, 1.54) is 10.9 Å². The lowest BCUT2D eigenvalue weighted by Crippen LogP contribution is -2.35. The molecule has 128 valence electrons. The maximum atomic E-state index is 13.0. The molecule has 0 saturated carbocycles. The Hall–Kier alpha value is -2.71. The average molecular weight is 332 g/mol. The Bertz CT molecular complexity index is 765. The summed E-state index contributed by atoms with van der Waals surface area (Å²) in [5.41, 5.74) is 0.447. The van der Waals surface area contributed by atoms with Gasteiger partial charge in [0.1, 0.15) is 6.20 Å². The molecule has 2 aromatic heterocycles. The number of carbonyl (C=O) groups is 1. The Labute approximate surface area is 139 Å². The third-order valence-electron chi connectivity index (χ3n) is 4.30. The van der Waals surface area contributed by atoms with E-state index >= 15 is 0 Å². The summed E-state index contributed by atoms with van der Waals surface area (Å²) < 4.78 is 3.01. The van der Waals surface area contributed by atoms with Gasteiger partial charge < -0.3 is 4.90 Å². The van der Waals surface area contributed by atoms with E-state index in [-0.39, 0.29) is 17.4 Å². The molecule has 0 aromatic carbocycles. The average Bonchev–Trinajstić information content (AvgIpc) is 3.05. The van der Waals surface area contributed by atoms with Gasteiger partial charge >= 0.3 is 5.69 Å². The normalized spacial score (nSPS) is 18.4. The maximum absolute atomic E-state index is 13.0. The van der Waals surface area contributed by atoms with E-state index in [9.17, 15) is 14.9 Å². The van der Waals surface area contributed by atoms with Crippen LogP contribution in [0.5, 0.6) is 0 Å². The number of nitro groups is 1. The van der Waals surface area contributed by atoms with Gasteiger partial charge in [-0.2, -0.15) is 10.2 Å². The summed E-state index contributed by atoms with van der Waals surface area (Å²) in [6.07, 6.45) is 6.79. The fourth-order valence-corrected chi connectivity index (χ4v) is 3.17. The molecule has 9 heteroatoms. The minimum Gasteiger partial charge on any atom is -0.328 e. The number of hydrogen-bond donors (Lipinski definition) is 0. The maximum Gasteiger partial charge on any atom is 0.320 e. The zero-order valence-corrected chi connectivity index (χ0v) is 13.8. The van der Waals surface area contributed by atoms with Gasteiger partial charge in [-0.3, -0.25) is 24.3 Å². The molecule has 0 unspecified atom stereocenters. The van der Waals surface area contributed by atoms with Gasteiger partial charge in [0, 0.05) is 26.8 Å². The molecular weight excluding hydrogens is 312 g/mol. The largest absolute Gasteiger partial charge is 0.328 e. The molecule has 24 heavy (non-hydrogen) atoms. The zero-order valence-electron chi connectivity index (χ0n) is 13.8. The van der Waals surface area contributed by atoms with Crippen LogP contribution in [0.15, 0.2) is 18.5 Å². The van der Waals surface area contributed by atoms with Gasteiger partial charge in [0.05, 0.1) is 16.7 Å². The number of amides is 1. The second-order valence-corrected chi connectivity index (χ2v) is 6.07. The Morgan fingerprint density at radius 3 is 2.71 bits per heavy atom. The van der Waals surface area contributed by atoms with Gasteiger partial charge in [-0.25, -0.2) is 0 Å². The standard InChI is InChI=1S/C15H20N6O3/c1-18-9-7-11(16-18)12-6-4-3-5-8-20(12)15(22)14-13(21(23)24)10-19(2)17-14/h7,9-10,12H,3-6,8H2,1-2H3/t12-/m1/s1. The number of rotatable bonds is 3. The Kier molecular flexibility index (Phi) is 4.32. The molecule has 0 bridgehead atoms. The highest BCUT2D eigenvalue weighted by Crippen LogP contribution is 2.31. The molecule has 0 aliphatic carbocycles. The molecule has 9 nitrogen and oxygen atoms in total. The lowest BCUT2D eigenvalue weighted by Gasteiger charge is -2.28. The van der Waals surface area contributed by atoms with Crippen LogP contribution >= 0.6 is 0 Å². The van der Waals surface area contributed by atoms with Crippen molar-refractivity contribution in [2.24, 2.45) is 14.1 Å². The monoisotopic (exact) mass is 332 g/mol. The molecule has 0 radical (unpaired) electrons. The summed E-state index contributed by atoms with van der Waals surface area (Å²) in [7, 11) is 3.40. The fraction of sp³-hybridized carbons (Fsp3) is 0.533. The molecule has 1 amide bonds. The molecule has 0 N–H and O–H groups in total. The van der Waals surface area contributed by atoms with E-state index in [1.807, 2.05) is 19.3 Å². The third-order valence-corrected chi connectivity index (χ3v) is 4.30. The highest BCUT2D eigenvalue weighted by molar-refractivity contribution is 5.96. The quantitative estimate of drug-likeness (QED) is 0.630. The van der Waals surface area contributed by atoms with E-state index in [2.05, 4.69) is 10.2 Å². The van der Waals surface area contributed by atoms with Crippen LogP contribution in [0.4, 0.5) is 5.69 Å². The van der Waals surface area contributed by atoms with Gasteiger partial charge in [0.15, 0.2) is 0 Å². The first-order chi connectivity index (χ1) is 11.5. The van der Waals surface area contributed by atoms with Crippen LogP contribution in [0.25, 0.3) is 0 Å². The summed E-state index contributed by atoms with van der Waals surface area (Å²) in [4.78, 5) is 25.3. The van der Waals surface area contributed by atoms with Crippen molar-refractivity contribution < 1.29 is 9.72 Å². The van der Waals surface area contributed by atoms with E-state index in [0.717, 1.165) is 31.4 Å². The molecule has 1 saturated heterocycles. The second kappa shape index (κ2) is 6.42. The zero-order chi connectivity index (χ0) is 17.3. The first kappa shape index (κ1) is 16.2. The van der Waals surface area contributed by atoms with Gasteiger partial charge in [-0.05, 0) is 18.9 Å². The lowest BCUT2D eigenvalue weighted by molar-refractivity contribution is -0.385. The van der Waals surface area contributed by atoms with E-state index < -0.39 is 10.8 Å². The Morgan fingerprint density at radius 2 is 2.04 bits per heavy atom. The molecule has 3 heterocycles. The minimum absolute atomic E-state index is 0.106. The highest BCUT2D eigenvalue weighted by atomic mass is 16.6. The van der Waals surface area contributed by atoms with E-state index in [0.29, 0.717) is 6.54 Å². The minimum atomic E-state index is -0.562. The van der Waals surface area contributed by atoms with Crippen LogP contribution in [-0.4, -0.2) is 41.8 Å². The van der Waals surface area contributed by atoms with Crippen molar-refractivity contribution in [3.05, 3.63) is 40.0 Å². The first-order valence-corrected chi connectivity index (χ1v) is 7.96. The molecule has 1 atom stereocenters. The molecule has 0 spiro atoms. The molecule has 1 aliphatic heterocycles. The topological polar surface area (TPSA) is 99.1 Å². The number of nitrogens with zero attached hydrogens (tertiary/aromatic N) is 6. The van der Waals surface area contributed by atoms with Crippen LogP contribution in [0.3, 0.4) is 0 Å². The van der Waals surface area contributed by atoms with Crippen LogP contribution < -0.4 is 0 Å². The van der Waals surface area contributed by atoms with E-state index in [1.54, 1.807) is 16.6 Å². The van der Waals surface area contributed by atoms with Crippen LogP contribution in [0, 0.1) is 10.1 Å². The first-order valence-electron chi connectivity index (χ1n) is 7.96. The molecule has 1 aliphatic rings. The Balaban J connectivity index is 1.97. The molecule has 3 rings (SSSR count). The summed E-state index contributed by atoms with van der Waals surface area (Å²) in [6, 6.07) is 1.71. The number of aryl methyl sites for hydroxylation is 2. The van der Waals surface area contributed by atoms with Gasteiger partial charge in [0.25, 0.3) is 5.91 Å². The number of carbonyl (C=O) groups excluding carboxylic acids is 1. The summed E-state index contributed by atoms with van der Waals surface area (Å²) in [6.45, 7) is 0.549. The number of aromatic nitrogens is 4. The smallest absolute Gasteiger partial charge is 0.320 e. The van der Waals surface area contributed by atoms with Crippen LogP contribution in [0.2, 0.25) is 0 Å². The van der Waals surface area contributed by atoms with E-state index in [4.69, 9.17) is 0 Å². The van der Waals surface area contributed by atoms with Crippen LogP contribution in [0.1, 0.15) is 47.9 Å². The van der Waals surface area contributed by atoms with Gasteiger partial charge in [-0.1, -0.05) is 12.8 Å². The summed E-state index contributed by atoms with van der Waals surface area (Å²) in [5, 5.41) is 19.7. The van der Waals surface area contributed by atoms with Gasteiger partial charge in [0.2, 0.25) is 5.69 Å². The predicted octanol–water partition coefficient (Wildman–Crippen LogP) is 1.82. The Morgan fingerprint density at radius 1 is 1.25 bits per heavy atom. The molecule has 1 fully saturated rings. The van der Waals surface area contributed by atoms with Crippen molar-refractivity contribution in [3.8, 4) is 0 Å². The molecular formula is C15H20N6O3. The van der Waals surface area contributed by atoms with Crippen molar-refractivity contribution in [3.63, 3.8) is 0 Å². The van der Waals surface area contributed by atoms with Crippen molar-refractivity contribution in [1.29, 1.82) is 0 Å². The summed E-state index contributed by atoms with van der Waals surface area (Å²) in [5.74, 6) is -0.403. The predicted molar refractivity (Wildman–Crippen MR) is 85.3 cm³/mol. The number of likely N-dealkylation sites (tertiary alicyclic amines) is 1. The molecule has 2 aromatic rings. The summed E-state index contributed by atoms with van der Waals surface area (Å²) >= 11 is 0. The highest BCUT2D eigenvalue weighted by Gasteiger charge is 2.34. The van der Waals surface area contributed by atoms with Crippen molar-refractivity contribution in [1.82, 2.24) is 24.5 Å². The van der Waals surface area contributed by atoms with Crippen molar-refractivity contribution >= 4 is 11.6 Å². The lowest BCUT2D eigenvalue weighted by atomic mass is 10.1. The number of hydrogen-bond acceptors (Lipinski definition) is 5. The SMILES string of the molecule is Cn1ccc([C@H]2CCCCCN2C(=O)c2nn(C)cc2[N+](=O)[O-])n1. The van der Waals surface area contributed by atoms with Gasteiger partial charge in [-0.15, -0.1) is 0 Å². The van der Waals surface area contributed by atoms with Crippen molar-refractivity contribution in [2.45, 2.75) is 31.7 Å². The van der Waals surface area contributed by atoms with Crippen molar-refractivity contribution in [2.75, 3.05) is 6.54 Å².